The summed E-state index contributed by atoms with van der Waals surface area (Å²) in [6.45, 7) is 0.470. The van der Waals surface area contributed by atoms with Gasteiger partial charge >= 0.3 is 5.97 Å². The van der Waals surface area contributed by atoms with E-state index in [0.29, 0.717) is 11.4 Å². The summed E-state index contributed by atoms with van der Waals surface area (Å²) in [5, 5.41) is 3.65. The third kappa shape index (κ3) is 1.57. The van der Waals surface area contributed by atoms with Crippen molar-refractivity contribution < 1.29 is 9.53 Å². The summed E-state index contributed by atoms with van der Waals surface area (Å²) in [6.07, 6.45) is 1.68. The van der Waals surface area contributed by atoms with Crippen LogP contribution in [0, 0.1) is 0 Å². The molecule has 1 aliphatic heterocycles. The first-order valence-corrected chi connectivity index (χ1v) is 3.44. The van der Waals surface area contributed by atoms with Gasteiger partial charge in [-0.1, -0.05) is 0 Å². The van der Waals surface area contributed by atoms with Crippen LogP contribution >= 0.6 is 11.9 Å². The van der Waals surface area contributed by atoms with Gasteiger partial charge in [-0.15, -0.1) is 4.52 Å². The second kappa shape index (κ2) is 3.36. The number of methoxy groups -OCH3 is 1. The molecule has 5 heteroatoms. The molecule has 0 atom stereocenters. The molecule has 54 valence electrons. The molecule has 0 saturated carbocycles. The summed E-state index contributed by atoms with van der Waals surface area (Å²) in [4.78, 5) is 11.3. The van der Waals surface area contributed by atoms with Crippen LogP contribution < -0.4 is 0 Å². The fourth-order valence-electron chi connectivity index (χ4n) is 0.488. The molecule has 0 aromatic heterocycles. The van der Waals surface area contributed by atoms with Crippen LogP contribution in [0.15, 0.2) is 20.6 Å². The fourth-order valence-corrected chi connectivity index (χ4v) is 1.01. The van der Waals surface area contributed by atoms with Crippen LogP contribution in [0.3, 0.4) is 0 Å². The Morgan fingerprint density at radius 2 is 2.70 bits per heavy atom. The van der Waals surface area contributed by atoms with Gasteiger partial charge in [0.2, 0.25) is 0 Å². The first-order chi connectivity index (χ1) is 4.84. The number of ether oxygens (including phenoxy) is 1. The van der Waals surface area contributed by atoms with Crippen LogP contribution in [0.2, 0.25) is 0 Å². The number of hydrogen-bond donors (Lipinski definition) is 0. The number of hydrogen-bond acceptors (Lipinski definition) is 5. The van der Waals surface area contributed by atoms with E-state index in [9.17, 15) is 4.79 Å². The van der Waals surface area contributed by atoms with Gasteiger partial charge < -0.3 is 4.74 Å². The van der Waals surface area contributed by atoms with Gasteiger partial charge in [0, 0.05) is 11.9 Å². The van der Waals surface area contributed by atoms with Crippen LogP contribution in [0.1, 0.15) is 0 Å². The van der Waals surface area contributed by atoms with E-state index < -0.39 is 0 Å². The van der Waals surface area contributed by atoms with Crippen molar-refractivity contribution in [2.75, 3.05) is 13.7 Å². The minimum Gasteiger partial charge on any atom is -0.465 e. The van der Waals surface area contributed by atoms with Gasteiger partial charge in [-0.25, -0.2) is 4.79 Å². The molecular weight excluding hydrogens is 152 g/mol. The van der Waals surface area contributed by atoms with Crippen LogP contribution in [0.4, 0.5) is 0 Å². The van der Waals surface area contributed by atoms with Crippen molar-refractivity contribution in [1.82, 2.24) is 0 Å². The summed E-state index contributed by atoms with van der Waals surface area (Å²) in [5.74, 6) is -0.344. The molecule has 0 aromatic carbocycles. The van der Waals surface area contributed by atoms with Crippen molar-refractivity contribution in [3.63, 3.8) is 0 Å². The molecule has 0 unspecified atom stereocenters. The molecule has 0 saturated heterocycles. The van der Waals surface area contributed by atoms with E-state index in [1.54, 1.807) is 6.08 Å². The largest absolute Gasteiger partial charge is 0.465 e. The smallest absolute Gasteiger partial charge is 0.346 e. The molecule has 0 bridgehead atoms. The van der Waals surface area contributed by atoms with Crippen molar-refractivity contribution in [3.8, 4) is 0 Å². The highest BCUT2D eigenvalue weighted by Gasteiger charge is 2.11. The third-order valence-electron chi connectivity index (χ3n) is 0.942. The Balaban J connectivity index is 2.56. The number of carbonyl (C=O) groups is 1. The Kier molecular flexibility index (Phi) is 2.44. The molecule has 0 radical (unpaired) electrons. The Bertz CT molecular complexity index is 200. The summed E-state index contributed by atoms with van der Waals surface area (Å²) in [7, 11) is 1.34. The average Bonchev–Trinajstić information content (AvgIpc) is 2.05. The third-order valence-corrected chi connectivity index (χ3v) is 1.67. The Morgan fingerprint density at radius 1 is 1.90 bits per heavy atom. The summed E-state index contributed by atoms with van der Waals surface area (Å²) >= 11 is 1.04. The monoisotopic (exact) mass is 158 g/mol. The zero-order valence-electron chi connectivity index (χ0n) is 5.40. The van der Waals surface area contributed by atoms with Gasteiger partial charge in [0.15, 0.2) is 0 Å². The van der Waals surface area contributed by atoms with Crippen LogP contribution in [0.25, 0.3) is 0 Å². The molecule has 1 rings (SSSR count). The highest BCUT2D eigenvalue weighted by Crippen LogP contribution is 2.21. The van der Waals surface area contributed by atoms with E-state index in [4.69, 9.17) is 0 Å². The minimum atomic E-state index is -0.344. The molecule has 0 fully saturated rings. The van der Waals surface area contributed by atoms with Gasteiger partial charge in [-0.05, 0) is 6.08 Å². The normalized spacial score (nSPS) is 16.3. The van der Waals surface area contributed by atoms with E-state index >= 15 is 0 Å². The predicted molar refractivity (Wildman–Crippen MR) is 37.4 cm³/mol. The first kappa shape index (κ1) is 7.27. The second-order valence-corrected chi connectivity index (χ2v) is 2.34. The van der Waals surface area contributed by atoms with Crippen molar-refractivity contribution in [3.05, 3.63) is 11.0 Å². The lowest BCUT2D eigenvalue weighted by Gasteiger charge is -2.01. The zero-order chi connectivity index (χ0) is 7.40. The number of rotatable bonds is 1. The molecule has 1 aliphatic rings. The van der Waals surface area contributed by atoms with E-state index in [2.05, 4.69) is 14.4 Å². The Hall–Kier alpha value is -0.840. The molecule has 4 nitrogen and oxygen atoms in total. The topological polar surface area (TPSA) is 51.0 Å². The quantitative estimate of drug-likeness (QED) is 0.425. The maximum Gasteiger partial charge on any atom is 0.346 e. The van der Waals surface area contributed by atoms with Gasteiger partial charge in [0.05, 0.1) is 13.7 Å². The maximum atomic E-state index is 10.8. The summed E-state index contributed by atoms with van der Waals surface area (Å²) in [5.41, 5.74) is 0. The van der Waals surface area contributed by atoms with Crippen LogP contribution in [-0.4, -0.2) is 19.6 Å². The summed E-state index contributed by atoms with van der Waals surface area (Å²) < 4.78 is 8.06. The highest BCUT2D eigenvalue weighted by molar-refractivity contribution is 8.02. The van der Waals surface area contributed by atoms with Gasteiger partial charge in [-0.3, -0.25) is 0 Å². The Labute approximate surface area is 62.5 Å². The molecule has 0 spiro atoms. The van der Waals surface area contributed by atoms with Crippen LogP contribution in [0.5, 0.6) is 0 Å². The molecule has 10 heavy (non-hydrogen) atoms. The standard InChI is InChI=1S/C5H6N2O2S/c1-9-5(8)4-2-3-6-7-10-4/h2H,3H2,1H3. The predicted octanol–water partition coefficient (Wildman–Crippen LogP) is 1.16. The molecule has 0 aliphatic carbocycles. The minimum absolute atomic E-state index is 0.344. The number of nitrogens with zero attached hydrogens (tertiary/aromatic N) is 2. The molecule has 0 amide bonds. The lowest BCUT2D eigenvalue weighted by Crippen LogP contribution is -2.02. The van der Waals surface area contributed by atoms with Crippen molar-refractivity contribution in [1.29, 1.82) is 0 Å². The molecule has 0 N–H and O–H groups in total. The maximum absolute atomic E-state index is 10.8. The highest BCUT2D eigenvalue weighted by atomic mass is 32.2. The molecular formula is C5H6N2O2S. The first-order valence-electron chi connectivity index (χ1n) is 2.67. The Morgan fingerprint density at radius 3 is 3.20 bits per heavy atom. The fraction of sp³-hybridized carbons (Fsp3) is 0.400. The number of esters is 1. The average molecular weight is 158 g/mol. The second-order valence-electron chi connectivity index (χ2n) is 1.56. The van der Waals surface area contributed by atoms with E-state index in [0.717, 1.165) is 11.9 Å². The van der Waals surface area contributed by atoms with Gasteiger partial charge in [0.25, 0.3) is 0 Å². The lowest BCUT2D eigenvalue weighted by molar-refractivity contribution is -0.135. The van der Waals surface area contributed by atoms with Gasteiger partial charge in [-0.2, -0.15) is 5.11 Å². The zero-order valence-corrected chi connectivity index (χ0v) is 6.22. The number of carbonyl (C=O) groups excluding carboxylic acids is 1. The molecule has 1 heterocycles. The van der Waals surface area contributed by atoms with E-state index in [1.807, 2.05) is 0 Å². The van der Waals surface area contributed by atoms with Crippen molar-refractivity contribution >= 4 is 17.9 Å². The van der Waals surface area contributed by atoms with Crippen molar-refractivity contribution in [2.24, 2.45) is 9.63 Å². The summed E-state index contributed by atoms with van der Waals surface area (Å²) in [6, 6.07) is 0. The van der Waals surface area contributed by atoms with E-state index in [1.165, 1.54) is 7.11 Å². The van der Waals surface area contributed by atoms with Gasteiger partial charge in [0.1, 0.15) is 4.91 Å². The molecule has 0 aromatic rings. The van der Waals surface area contributed by atoms with E-state index in [-0.39, 0.29) is 5.97 Å². The van der Waals surface area contributed by atoms with Crippen LogP contribution in [-0.2, 0) is 9.53 Å². The lowest BCUT2D eigenvalue weighted by atomic mass is 10.5. The van der Waals surface area contributed by atoms with Crippen molar-refractivity contribution in [2.45, 2.75) is 0 Å². The SMILES string of the molecule is COC(=O)C1=CCN=NS1.